The van der Waals surface area contributed by atoms with Gasteiger partial charge in [-0.2, -0.15) is 0 Å². The molecule has 1 fully saturated rings. The molecule has 1 atom stereocenters. The molecule has 2 aliphatic rings. The summed E-state index contributed by atoms with van der Waals surface area (Å²) in [6.45, 7) is 13.3. The van der Waals surface area contributed by atoms with Gasteiger partial charge < -0.3 is 15.2 Å². The number of carbonyl (C=O) groups excluding carboxylic acids is 1. The first kappa shape index (κ1) is 27.1. The molecular formula is C29H37N3O4. The highest BCUT2D eigenvalue weighted by Crippen LogP contribution is 2.32. The molecule has 2 heterocycles. The van der Waals surface area contributed by atoms with Gasteiger partial charge in [0.05, 0.1) is 12.1 Å². The number of aliphatic imine (C=N–C) groups is 1. The maximum absolute atomic E-state index is 12.7. The van der Waals surface area contributed by atoms with Crippen LogP contribution in [0.4, 0.5) is 4.79 Å². The van der Waals surface area contributed by atoms with E-state index in [1.807, 2.05) is 13.1 Å². The Morgan fingerprint density at radius 2 is 2.08 bits per heavy atom. The number of nitrogens with zero attached hydrogens (tertiary/aromatic N) is 2. The van der Waals surface area contributed by atoms with Gasteiger partial charge in [0.2, 0.25) is 0 Å². The van der Waals surface area contributed by atoms with Crippen LogP contribution in [0.15, 0.2) is 65.5 Å². The van der Waals surface area contributed by atoms with E-state index in [1.54, 1.807) is 24.0 Å². The average molecular weight is 492 g/mol. The Bertz CT molecular complexity index is 1150. The van der Waals surface area contributed by atoms with E-state index in [0.717, 1.165) is 12.8 Å². The number of cyclic esters (lactones) is 1. The van der Waals surface area contributed by atoms with Gasteiger partial charge in [-0.3, -0.25) is 9.89 Å². The summed E-state index contributed by atoms with van der Waals surface area (Å²) in [7, 11) is 0. The summed E-state index contributed by atoms with van der Waals surface area (Å²) in [5.74, 6) is -1.10. The quantitative estimate of drug-likeness (QED) is 0.233. The van der Waals surface area contributed by atoms with Crippen LogP contribution in [0.1, 0.15) is 63.1 Å². The Morgan fingerprint density at radius 1 is 1.31 bits per heavy atom. The molecule has 0 radical (unpaired) electrons. The minimum atomic E-state index is -1.10. The van der Waals surface area contributed by atoms with Crippen LogP contribution in [0.25, 0.3) is 5.57 Å². The lowest BCUT2D eigenvalue weighted by molar-refractivity contribution is -0.132. The number of nitrogens with one attached hydrogen (secondary N) is 1. The van der Waals surface area contributed by atoms with Gasteiger partial charge in [0.25, 0.3) is 0 Å². The third-order valence-corrected chi connectivity index (χ3v) is 6.83. The van der Waals surface area contributed by atoms with Crippen molar-refractivity contribution in [3.8, 4) is 0 Å². The molecule has 1 saturated heterocycles. The van der Waals surface area contributed by atoms with E-state index in [9.17, 15) is 9.59 Å². The Balaban J connectivity index is 1.63. The smallest absolute Gasteiger partial charge is 0.415 e. The number of amides is 1. The van der Waals surface area contributed by atoms with Crippen molar-refractivity contribution in [1.29, 1.82) is 0 Å². The number of aryl methyl sites for hydroxylation is 1. The number of rotatable bonds is 11. The zero-order valence-electron chi connectivity index (χ0n) is 21.8. The van der Waals surface area contributed by atoms with Crippen LogP contribution in [0, 0.1) is 6.92 Å². The Morgan fingerprint density at radius 3 is 2.72 bits per heavy atom. The summed E-state index contributed by atoms with van der Waals surface area (Å²) in [6, 6.07) is 6.54. The molecule has 0 spiro atoms. The average Bonchev–Trinajstić information content (AvgIpc) is 3.19. The van der Waals surface area contributed by atoms with E-state index < -0.39 is 17.7 Å². The second kappa shape index (κ2) is 12.0. The Labute approximate surface area is 213 Å². The van der Waals surface area contributed by atoms with Gasteiger partial charge >= 0.3 is 12.1 Å². The molecule has 0 saturated carbocycles. The van der Waals surface area contributed by atoms with Crippen molar-refractivity contribution < 1.29 is 19.4 Å². The maximum atomic E-state index is 12.7. The van der Waals surface area contributed by atoms with E-state index in [2.05, 4.69) is 48.9 Å². The molecule has 7 nitrogen and oxygen atoms in total. The molecule has 2 N–H and O–H groups in total. The van der Waals surface area contributed by atoms with Crippen molar-refractivity contribution in [2.45, 2.75) is 65.5 Å². The number of allylic oxidation sites excluding steroid dienone is 3. The summed E-state index contributed by atoms with van der Waals surface area (Å²) in [4.78, 5) is 29.8. The minimum Gasteiger partial charge on any atom is -0.478 e. The van der Waals surface area contributed by atoms with Crippen molar-refractivity contribution in [2.24, 2.45) is 4.99 Å². The second-order valence-electron chi connectivity index (χ2n) is 9.47. The van der Waals surface area contributed by atoms with Gasteiger partial charge in [0.15, 0.2) is 0 Å². The predicted octanol–water partition coefficient (Wildman–Crippen LogP) is 5.77. The lowest BCUT2D eigenvalue weighted by atomic mass is 9.93. The number of hydrogen-bond donors (Lipinski definition) is 2. The molecule has 1 unspecified atom stereocenters. The molecule has 3 rings (SSSR count). The van der Waals surface area contributed by atoms with Gasteiger partial charge in [0, 0.05) is 30.6 Å². The molecule has 192 valence electrons. The zero-order valence-corrected chi connectivity index (χ0v) is 21.8. The van der Waals surface area contributed by atoms with E-state index >= 15 is 0 Å². The Hall–Kier alpha value is -3.45. The van der Waals surface area contributed by atoms with Gasteiger partial charge in [-0.1, -0.05) is 43.3 Å². The minimum absolute atomic E-state index is 0.0470. The lowest BCUT2D eigenvalue weighted by Gasteiger charge is -2.26. The zero-order chi connectivity index (χ0) is 26.3. The van der Waals surface area contributed by atoms with Crippen LogP contribution < -0.4 is 5.32 Å². The molecular weight excluding hydrogens is 454 g/mol. The third-order valence-electron chi connectivity index (χ3n) is 6.83. The van der Waals surface area contributed by atoms with Gasteiger partial charge in [-0.05, 0) is 75.4 Å². The van der Waals surface area contributed by atoms with Gasteiger partial charge in [0.1, 0.15) is 5.60 Å². The van der Waals surface area contributed by atoms with Crippen molar-refractivity contribution in [2.75, 3.05) is 13.1 Å². The van der Waals surface area contributed by atoms with Crippen LogP contribution in [0.3, 0.4) is 0 Å². The predicted molar refractivity (Wildman–Crippen MR) is 144 cm³/mol. The highest BCUT2D eigenvalue weighted by atomic mass is 16.6. The second-order valence-corrected chi connectivity index (χ2v) is 9.47. The van der Waals surface area contributed by atoms with Crippen LogP contribution >= 0.6 is 0 Å². The first-order valence-corrected chi connectivity index (χ1v) is 12.5. The van der Waals surface area contributed by atoms with E-state index in [1.165, 1.54) is 34.1 Å². The molecule has 0 aliphatic carbocycles. The highest BCUT2D eigenvalue weighted by Gasteiger charge is 2.44. The number of ether oxygens (including phenoxy) is 1. The lowest BCUT2D eigenvalue weighted by Crippen LogP contribution is -2.37. The first-order valence-electron chi connectivity index (χ1n) is 12.5. The molecule has 0 bridgehead atoms. The standard InChI is InChI=1S/C29H37N3O4/c1-6-25(13-9-21(4)27(33)34)32-19-29(7-2,36-28(32)35)14-15-30-17-23-11-8-20(3)16-26(23)24-12-10-22(5)31-18-24/h6,8-9,11,13,16,18,30H,4,7,10,12,14-15,17,19H2,1-3,5H3,(H,33,34)/b13-9-,25-6+. The summed E-state index contributed by atoms with van der Waals surface area (Å²) in [5.41, 5.74) is 6.08. The molecule has 2 aliphatic heterocycles. The van der Waals surface area contributed by atoms with Gasteiger partial charge in [-0.25, -0.2) is 9.59 Å². The van der Waals surface area contributed by atoms with E-state index in [0.29, 0.717) is 38.2 Å². The van der Waals surface area contributed by atoms with Crippen LogP contribution in [-0.4, -0.2) is 46.5 Å². The molecule has 1 aromatic rings. The first-order chi connectivity index (χ1) is 17.2. The van der Waals surface area contributed by atoms with Crippen LogP contribution in [-0.2, 0) is 16.1 Å². The topological polar surface area (TPSA) is 91.2 Å². The normalized spacial score (nSPS) is 20.4. The molecule has 1 aromatic carbocycles. The fourth-order valence-corrected chi connectivity index (χ4v) is 4.43. The summed E-state index contributed by atoms with van der Waals surface area (Å²) in [6.07, 6.45) is 9.66. The van der Waals surface area contributed by atoms with Crippen molar-refractivity contribution in [1.82, 2.24) is 10.2 Å². The molecule has 1 amide bonds. The fourth-order valence-electron chi connectivity index (χ4n) is 4.43. The summed E-state index contributed by atoms with van der Waals surface area (Å²) < 4.78 is 5.85. The van der Waals surface area contributed by atoms with E-state index in [-0.39, 0.29) is 5.57 Å². The van der Waals surface area contributed by atoms with E-state index in [4.69, 9.17) is 9.84 Å². The largest absolute Gasteiger partial charge is 0.478 e. The number of hydrogen-bond acceptors (Lipinski definition) is 5. The van der Waals surface area contributed by atoms with Crippen molar-refractivity contribution in [3.05, 3.63) is 77.2 Å². The molecule has 7 heteroatoms. The number of aliphatic carboxylic acids is 1. The summed E-state index contributed by atoms with van der Waals surface area (Å²) >= 11 is 0. The highest BCUT2D eigenvalue weighted by molar-refractivity contribution is 5.89. The SMILES string of the molecule is C=C(/C=C\C(=C/C)N1CC(CC)(CCNCc2ccc(C)cc2C2=CN=C(C)CC2)OC1=O)C(=O)O. The monoisotopic (exact) mass is 491 g/mol. The fraction of sp³-hybridized carbons (Fsp3) is 0.414. The van der Waals surface area contributed by atoms with Crippen molar-refractivity contribution in [3.63, 3.8) is 0 Å². The molecule has 0 aromatic heterocycles. The molecule has 36 heavy (non-hydrogen) atoms. The third kappa shape index (κ3) is 6.61. The van der Waals surface area contributed by atoms with Crippen molar-refractivity contribution >= 4 is 23.3 Å². The van der Waals surface area contributed by atoms with Crippen LogP contribution in [0.5, 0.6) is 0 Å². The maximum Gasteiger partial charge on any atom is 0.415 e. The van der Waals surface area contributed by atoms with Gasteiger partial charge in [-0.15, -0.1) is 0 Å². The number of carboxylic acids is 1. The number of carboxylic acid groups (broad SMARTS) is 1. The number of benzene rings is 1. The summed E-state index contributed by atoms with van der Waals surface area (Å²) in [5, 5.41) is 12.6. The van der Waals surface area contributed by atoms with Crippen LogP contribution in [0.2, 0.25) is 0 Å². The Kier molecular flexibility index (Phi) is 9.04. The number of carbonyl (C=O) groups is 2.